The van der Waals surface area contributed by atoms with Crippen molar-refractivity contribution in [2.75, 3.05) is 25.0 Å². The average molecular weight is 254 g/mol. The van der Waals surface area contributed by atoms with E-state index in [1.54, 1.807) is 0 Å². The van der Waals surface area contributed by atoms with Crippen molar-refractivity contribution in [1.82, 2.24) is 14.9 Å². The van der Waals surface area contributed by atoms with E-state index in [0.717, 1.165) is 32.5 Å². The van der Waals surface area contributed by atoms with Crippen LogP contribution in [0.4, 0.5) is 10.3 Å². The number of anilines is 1. The van der Waals surface area contributed by atoms with E-state index in [9.17, 15) is 4.39 Å². The Morgan fingerprint density at radius 2 is 1.89 bits per heavy atom. The molecule has 0 fully saturated rings. The Balaban J connectivity index is 2.25. The molecule has 0 spiro atoms. The summed E-state index contributed by atoms with van der Waals surface area (Å²) in [6.07, 6.45) is 4.55. The molecule has 1 N–H and O–H groups in total. The van der Waals surface area contributed by atoms with E-state index in [2.05, 4.69) is 41.0 Å². The molecule has 0 bridgehead atoms. The molecule has 0 aromatic carbocycles. The van der Waals surface area contributed by atoms with E-state index in [-0.39, 0.29) is 0 Å². The van der Waals surface area contributed by atoms with Crippen LogP contribution in [-0.2, 0) is 0 Å². The zero-order valence-corrected chi connectivity index (χ0v) is 11.5. The molecule has 18 heavy (non-hydrogen) atoms. The van der Waals surface area contributed by atoms with Crippen LogP contribution in [0.25, 0.3) is 0 Å². The lowest BCUT2D eigenvalue weighted by atomic mass is 10.2. The van der Waals surface area contributed by atoms with Crippen molar-refractivity contribution in [3.63, 3.8) is 0 Å². The minimum atomic E-state index is -0.408. The molecular formula is C13H23FN4. The second kappa shape index (κ2) is 7.97. The Kier molecular flexibility index (Phi) is 6.57. The molecule has 5 heteroatoms. The zero-order chi connectivity index (χ0) is 13.4. The fourth-order valence-corrected chi connectivity index (χ4v) is 1.84. The molecule has 1 aromatic rings. The highest BCUT2D eigenvalue weighted by atomic mass is 19.1. The summed E-state index contributed by atoms with van der Waals surface area (Å²) in [4.78, 5) is 10.2. The second-order valence-electron chi connectivity index (χ2n) is 4.44. The lowest BCUT2D eigenvalue weighted by molar-refractivity contribution is 0.295. The average Bonchev–Trinajstić information content (AvgIpc) is 2.37. The molecule has 0 aliphatic rings. The van der Waals surface area contributed by atoms with Crippen molar-refractivity contribution < 1.29 is 4.39 Å². The van der Waals surface area contributed by atoms with Crippen LogP contribution in [0.15, 0.2) is 12.4 Å². The maximum Gasteiger partial charge on any atom is 0.222 e. The van der Waals surface area contributed by atoms with E-state index in [1.807, 2.05) is 0 Å². The SMILES string of the molecule is CCN(CC)CCCC(C)Nc1ncc(F)cn1. The normalized spacial score (nSPS) is 12.7. The Bertz CT molecular complexity index is 324. The standard InChI is InChI=1S/C13H23FN4/c1-4-18(5-2)8-6-7-11(3)17-13-15-9-12(14)10-16-13/h9-11H,4-8H2,1-3H3,(H,15,16,17). The summed E-state index contributed by atoms with van der Waals surface area (Å²) in [6.45, 7) is 9.76. The van der Waals surface area contributed by atoms with Crippen LogP contribution in [0.5, 0.6) is 0 Å². The molecule has 0 aliphatic carbocycles. The molecule has 102 valence electrons. The van der Waals surface area contributed by atoms with Gasteiger partial charge in [-0.1, -0.05) is 13.8 Å². The zero-order valence-electron chi connectivity index (χ0n) is 11.5. The molecule has 4 nitrogen and oxygen atoms in total. The summed E-state index contributed by atoms with van der Waals surface area (Å²) in [7, 11) is 0. The number of halogens is 1. The molecule has 1 atom stereocenters. The molecule has 0 amide bonds. The first-order chi connectivity index (χ1) is 8.65. The van der Waals surface area contributed by atoms with Crippen LogP contribution in [0, 0.1) is 5.82 Å². The van der Waals surface area contributed by atoms with Crippen LogP contribution in [0.2, 0.25) is 0 Å². The van der Waals surface area contributed by atoms with E-state index in [4.69, 9.17) is 0 Å². The fraction of sp³-hybridized carbons (Fsp3) is 0.692. The first-order valence-corrected chi connectivity index (χ1v) is 6.62. The number of aromatic nitrogens is 2. The maximum absolute atomic E-state index is 12.6. The van der Waals surface area contributed by atoms with Crippen LogP contribution >= 0.6 is 0 Å². The lowest BCUT2D eigenvalue weighted by Crippen LogP contribution is -2.25. The number of nitrogens with one attached hydrogen (secondary N) is 1. The quantitative estimate of drug-likeness (QED) is 0.774. The van der Waals surface area contributed by atoms with E-state index >= 15 is 0 Å². The smallest absolute Gasteiger partial charge is 0.222 e. The third-order valence-corrected chi connectivity index (χ3v) is 3.00. The summed E-state index contributed by atoms with van der Waals surface area (Å²) in [6, 6.07) is 0.297. The van der Waals surface area contributed by atoms with Crippen molar-refractivity contribution in [2.24, 2.45) is 0 Å². The first-order valence-electron chi connectivity index (χ1n) is 6.62. The number of rotatable bonds is 8. The number of hydrogen-bond acceptors (Lipinski definition) is 4. The van der Waals surface area contributed by atoms with Gasteiger partial charge in [0.05, 0.1) is 12.4 Å². The minimum absolute atomic E-state index is 0.297. The number of nitrogens with zero attached hydrogens (tertiary/aromatic N) is 3. The molecule has 0 saturated heterocycles. The Morgan fingerprint density at radius 3 is 2.44 bits per heavy atom. The lowest BCUT2D eigenvalue weighted by Gasteiger charge is -2.19. The fourth-order valence-electron chi connectivity index (χ4n) is 1.84. The highest BCUT2D eigenvalue weighted by Gasteiger charge is 2.05. The van der Waals surface area contributed by atoms with Gasteiger partial charge in [0.25, 0.3) is 0 Å². The van der Waals surface area contributed by atoms with Gasteiger partial charge in [-0.25, -0.2) is 14.4 Å². The van der Waals surface area contributed by atoms with Crippen LogP contribution in [-0.4, -0.2) is 40.5 Å². The molecule has 1 unspecified atom stereocenters. The third-order valence-electron chi connectivity index (χ3n) is 3.00. The van der Waals surface area contributed by atoms with Gasteiger partial charge in [-0.2, -0.15) is 0 Å². The predicted molar refractivity (Wildman–Crippen MR) is 72.1 cm³/mol. The summed E-state index contributed by atoms with van der Waals surface area (Å²) < 4.78 is 12.6. The van der Waals surface area contributed by atoms with Crippen LogP contribution in [0.3, 0.4) is 0 Å². The molecular weight excluding hydrogens is 231 g/mol. The van der Waals surface area contributed by atoms with Crippen molar-refractivity contribution >= 4 is 5.95 Å². The van der Waals surface area contributed by atoms with Crippen LogP contribution < -0.4 is 5.32 Å². The van der Waals surface area contributed by atoms with Crippen molar-refractivity contribution in [2.45, 2.75) is 39.7 Å². The first kappa shape index (κ1) is 14.8. The second-order valence-corrected chi connectivity index (χ2v) is 4.44. The van der Waals surface area contributed by atoms with Gasteiger partial charge in [0.1, 0.15) is 0 Å². The monoisotopic (exact) mass is 254 g/mol. The predicted octanol–water partition coefficient (Wildman–Crippen LogP) is 2.54. The molecule has 0 aliphatic heterocycles. The molecule has 0 radical (unpaired) electrons. The summed E-state index contributed by atoms with van der Waals surface area (Å²) in [5.74, 6) is 0.0847. The highest BCUT2D eigenvalue weighted by Crippen LogP contribution is 2.05. The summed E-state index contributed by atoms with van der Waals surface area (Å²) in [5.41, 5.74) is 0. The van der Waals surface area contributed by atoms with Crippen LogP contribution in [0.1, 0.15) is 33.6 Å². The molecule has 1 aromatic heterocycles. The van der Waals surface area contributed by atoms with Gasteiger partial charge >= 0.3 is 0 Å². The Morgan fingerprint density at radius 1 is 1.28 bits per heavy atom. The van der Waals surface area contributed by atoms with Gasteiger partial charge in [-0.05, 0) is 39.4 Å². The van der Waals surface area contributed by atoms with Crippen molar-refractivity contribution in [3.8, 4) is 0 Å². The van der Waals surface area contributed by atoms with Crippen molar-refractivity contribution in [1.29, 1.82) is 0 Å². The van der Waals surface area contributed by atoms with Gasteiger partial charge in [-0.3, -0.25) is 0 Å². The number of hydrogen-bond donors (Lipinski definition) is 1. The Hall–Kier alpha value is -1.23. The van der Waals surface area contributed by atoms with Gasteiger partial charge in [0.15, 0.2) is 5.82 Å². The van der Waals surface area contributed by atoms with Gasteiger partial charge < -0.3 is 10.2 Å². The van der Waals surface area contributed by atoms with Gasteiger partial charge in [0.2, 0.25) is 5.95 Å². The summed E-state index contributed by atoms with van der Waals surface area (Å²) in [5, 5.41) is 3.17. The van der Waals surface area contributed by atoms with E-state index < -0.39 is 5.82 Å². The largest absolute Gasteiger partial charge is 0.352 e. The van der Waals surface area contributed by atoms with Gasteiger partial charge in [-0.15, -0.1) is 0 Å². The highest BCUT2D eigenvalue weighted by molar-refractivity contribution is 5.23. The Labute approximate surface area is 109 Å². The molecule has 0 saturated carbocycles. The maximum atomic E-state index is 12.6. The third kappa shape index (κ3) is 5.40. The van der Waals surface area contributed by atoms with Gasteiger partial charge in [0, 0.05) is 6.04 Å². The topological polar surface area (TPSA) is 41.0 Å². The summed E-state index contributed by atoms with van der Waals surface area (Å²) >= 11 is 0. The minimum Gasteiger partial charge on any atom is -0.352 e. The molecule has 1 heterocycles. The molecule has 1 rings (SSSR count). The van der Waals surface area contributed by atoms with E-state index in [1.165, 1.54) is 12.4 Å². The van der Waals surface area contributed by atoms with Crippen molar-refractivity contribution in [3.05, 3.63) is 18.2 Å². The van der Waals surface area contributed by atoms with E-state index in [0.29, 0.717) is 12.0 Å².